The highest BCUT2D eigenvalue weighted by Crippen LogP contribution is 2.26. The standard InChI is InChI=1S/C14H15NO/c1-3-8-15-9-4-5-13-10-12(11(2)16)6-7-14(13)15/h3-7,10H,1,8-9H2,2H3. The van der Waals surface area contributed by atoms with Crippen LogP contribution >= 0.6 is 0 Å². The number of hydrogen-bond acceptors (Lipinski definition) is 2. The van der Waals surface area contributed by atoms with Crippen LogP contribution in [0.15, 0.2) is 36.9 Å². The second-order valence-electron chi connectivity index (χ2n) is 3.93. The van der Waals surface area contributed by atoms with Crippen LogP contribution in [-0.4, -0.2) is 18.9 Å². The lowest BCUT2D eigenvalue weighted by molar-refractivity contribution is 0.101. The Hall–Kier alpha value is -1.83. The lowest BCUT2D eigenvalue weighted by atomic mass is 10.0. The number of benzene rings is 1. The van der Waals surface area contributed by atoms with E-state index in [9.17, 15) is 4.79 Å². The molecule has 2 heteroatoms. The van der Waals surface area contributed by atoms with Crippen LogP contribution < -0.4 is 4.90 Å². The highest BCUT2D eigenvalue weighted by molar-refractivity contribution is 5.95. The van der Waals surface area contributed by atoms with Crippen LogP contribution in [0.2, 0.25) is 0 Å². The summed E-state index contributed by atoms with van der Waals surface area (Å²) in [4.78, 5) is 13.5. The van der Waals surface area contributed by atoms with E-state index >= 15 is 0 Å². The molecule has 0 N–H and O–H groups in total. The first-order valence-corrected chi connectivity index (χ1v) is 5.39. The van der Waals surface area contributed by atoms with Crippen molar-refractivity contribution in [3.8, 4) is 0 Å². The third kappa shape index (κ3) is 1.91. The first-order chi connectivity index (χ1) is 7.72. The number of nitrogens with zero attached hydrogens (tertiary/aromatic N) is 1. The van der Waals surface area contributed by atoms with Gasteiger partial charge in [0.25, 0.3) is 0 Å². The molecule has 2 nitrogen and oxygen atoms in total. The molecular formula is C14H15NO. The quantitative estimate of drug-likeness (QED) is 0.568. The summed E-state index contributed by atoms with van der Waals surface area (Å²) in [6.07, 6.45) is 6.07. The number of anilines is 1. The fourth-order valence-electron chi connectivity index (χ4n) is 1.93. The minimum absolute atomic E-state index is 0.108. The molecule has 0 aliphatic carbocycles. The van der Waals surface area contributed by atoms with Gasteiger partial charge in [-0.25, -0.2) is 0 Å². The zero-order valence-corrected chi connectivity index (χ0v) is 9.44. The molecular weight excluding hydrogens is 198 g/mol. The molecule has 0 spiro atoms. The van der Waals surface area contributed by atoms with Crippen LogP contribution in [0, 0.1) is 0 Å². The maximum atomic E-state index is 11.3. The second-order valence-corrected chi connectivity index (χ2v) is 3.93. The van der Waals surface area contributed by atoms with E-state index in [2.05, 4.69) is 23.6 Å². The van der Waals surface area contributed by atoms with Crippen molar-refractivity contribution in [1.29, 1.82) is 0 Å². The molecule has 1 aliphatic heterocycles. The van der Waals surface area contributed by atoms with E-state index in [1.54, 1.807) is 6.92 Å². The summed E-state index contributed by atoms with van der Waals surface area (Å²) >= 11 is 0. The Balaban J connectivity index is 2.41. The van der Waals surface area contributed by atoms with Gasteiger partial charge in [-0.3, -0.25) is 4.79 Å². The normalized spacial score (nSPS) is 13.4. The van der Waals surface area contributed by atoms with Crippen LogP contribution in [0.4, 0.5) is 5.69 Å². The van der Waals surface area contributed by atoms with E-state index in [4.69, 9.17) is 0 Å². The molecule has 0 unspecified atom stereocenters. The zero-order chi connectivity index (χ0) is 11.5. The number of rotatable bonds is 3. The monoisotopic (exact) mass is 213 g/mol. The Morgan fingerprint density at radius 3 is 3.06 bits per heavy atom. The van der Waals surface area contributed by atoms with Gasteiger partial charge in [-0.05, 0) is 30.7 Å². The maximum absolute atomic E-state index is 11.3. The summed E-state index contributed by atoms with van der Waals surface area (Å²) in [7, 11) is 0. The summed E-state index contributed by atoms with van der Waals surface area (Å²) in [6.45, 7) is 7.08. The van der Waals surface area contributed by atoms with Crippen LogP contribution in [0.5, 0.6) is 0 Å². The average Bonchev–Trinajstić information content (AvgIpc) is 2.29. The Kier molecular flexibility index (Phi) is 2.91. The third-order valence-corrected chi connectivity index (χ3v) is 2.75. The zero-order valence-electron chi connectivity index (χ0n) is 9.44. The first kappa shape index (κ1) is 10.7. The van der Waals surface area contributed by atoms with Gasteiger partial charge in [-0.2, -0.15) is 0 Å². The van der Waals surface area contributed by atoms with Crippen LogP contribution in [0.1, 0.15) is 22.8 Å². The molecule has 2 rings (SSSR count). The highest BCUT2D eigenvalue weighted by Gasteiger charge is 2.12. The SMILES string of the molecule is C=CCN1CC=Cc2cc(C(C)=O)ccc21. The van der Waals surface area contributed by atoms with Gasteiger partial charge in [-0.1, -0.05) is 18.2 Å². The van der Waals surface area contributed by atoms with Gasteiger partial charge in [0.15, 0.2) is 5.78 Å². The summed E-state index contributed by atoms with van der Waals surface area (Å²) in [5.41, 5.74) is 3.05. The molecule has 16 heavy (non-hydrogen) atoms. The number of carbonyl (C=O) groups is 1. The van der Waals surface area contributed by atoms with Gasteiger partial charge in [0.2, 0.25) is 0 Å². The van der Waals surface area contributed by atoms with Gasteiger partial charge >= 0.3 is 0 Å². The number of carbonyl (C=O) groups excluding carboxylic acids is 1. The summed E-state index contributed by atoms with van der Waals surface area (Å²) in [5, 5.41) is 0. The van der Waals surface area contributed by atoms with Crippen molar-refractivity contribution in [2.24, 2.45) is 0 Å². The molecule has 0 aromatic heterocycles. The number of ketones is 1. The van der Waals surface area contributed by atoms with Gasteiger partial charge < -0.3 is 4.90 Å². The van der Waals surface area contributed by atoms with Crippen molar-refractivity contribution >= 4 is 17.5 Å². The van der Waals surface area contributed by atoms with Crippen LogP contribution in [0.3, 0.4) is 0 Å². The summed E-state index contributed by atoms with van der Waals surface area (Å²) in [5.74, 6) is 0.108. The minimum atomic E-state index is 0.108. The molecule has 82 valence electrons. The van der Waals surface area contributed by atoms with Crippen molar-refractivity contribution in [2.45, 2.75) is 6.92 Å². The summed E-state index contributed by atoms with van der Waals surface area (Å²) < 4.78 is 0. The fraction of sp³-hybridized carbons (Fsp3) is 0.214. The molecule has 0 amide bonds. The van der Waals surface area contributed by atoms with Gasteiger partial charge in [0.1, 0.15) is 0 Å². The molecule has 0 radical (unpaired) electrons. The van der Waals surface area contributed by atoms with Crippen molar-refractivity contribution in [2.75, 3.05) is 18.0 Å². The van der Waals surface area contributed by atoms with E-state index < -0.39 is 0 Å². The minimum Gasteiger partial charge on any atom is -0.364 e. The van der Waals surface area contributed by atoms with Crippen LogP contribution in [-0.2, 0) is 0 Å². The predicted octanol–water partition coefficient (Wildman–Crippen LogP) is 2.91. The molecule has 0 atom stereocenters. The second kappa shape index (κ2) is 4.35. The summed E-state index contributed by atoms with van der Waals surface area (Å²) in [6, 6.07) is 5.85. The topological polar surface area (TPSA) is 20.3 Å². The molecule has 1 aliphatic rings. The molecule has 1 aromatic rings. The van der Waals surface area contributed by atoms with Crippen molar-refractivity contribution in [1.82, 2.24) is 0 Å². The molecule has 0 saturated heterocycles. The largest absolute Gasteiger partial charge is 0.364 e. The molecule has 0 saturated carbocycles. The van der Waals surface area contributed by atoms with E-state index in [0.717, 1.165) is 24.2 Å². The lowest BCUT2D eigenvalue weighted by Gasteiger charge is -2.27. The Morgan fingerprint density at radius 2 is 2.38 bits per heavy atom. The Labute approximate surface area is 95.9 Å². The van der Waals surface area contributed by atoms with Crippen molar-refractivity contribution in [3.05, 3.63) is 48.1 Å². The number of hydrogen-bond donors (Lipinski definition) is 0. The Bertz CT molecular complexity index is 460. The van der Waals surface area contributed by atoms with Crippen LogP contribution in [0.25, 0.3) is 6.08 Å². The molecule has 1 aromatic carbocycles. The maximum Gasteiger partial charge on any atom is 0.159 e. The van der Waals surface area contributed by atoms with E-state index in [1.807, 2.05) is 24.3 Å². The molecule has 0 bridgehead atoms. The predicted molar refractivity (Wildman–Crippen MR) is 67.9 cm³/mol. The highest BCUT2D eigenvalue weighted by atomic mass is 16.1. The lowest BCUT2D eigenvalue weighted by Crippen LogP contribution is -2.25. The smallest absolute Gasteiger partial charge is 0.159 e. The van der Waals surface area contributed by atoms with Gasteiger partial charge in [0.05, 0.1) is 0 Å². The fourth-order valence-corrected chi connectivity index (χ4v) is 1.93. The van der Waals surface area contributed by atoms with Gasteiger partial charge in [-0.15, -0.1) is 6.58 Å². The van der Waals surface area contributed by atoms with Gasteiger partial charge in [0, 0.05) is 24.3 Å². The van der Waals surface area contributed by atoms with E-state index in [0.29, 0.717) is 0 Å². The first-order valence-electron chi connectivity index (χ1n) is 5.39. The van der Waals surface area contributed by atoms with E-state index in [-0.39, 0.29) is 5.78 Å². The third-order valence-electron chi connectivity index (χ3n) is 2.75. The van der Waals surface area contributed by atoms with Crippen molar-refractivity contribution in [3.63, 3.8) is 0 Å². The number of Topliss-reactive ketones (excluding diaryl/α,β-unsaturated/α-hetero) is 1. The van der Waals surface area contributed by atoms with Crippen molar-refractivity contribution < 1.29 is 4.79 Å². The average molecular weight is 213 g/mol. The van der Waals surface area contributed by atoms with E-state index in [1.165, 1.54) is 5.69 Å². The molecule has 0 fully saturated rings. The number of fused-ring (bicyclic) bond motifs is 1. The molecule has 1 heterocycles. The Morgan fingerprint density at radius 1 is 1.56 bits per heavy atom.